The molecule has 76 valence electrons. The van der Waals surface area contributed by atoms with Crippen molar-refractivity contribution >= 4 is 33.2 Å². The second-order valence-corrected chi connectivity index (χ2v) is 3.79. The van der Waals surface area contributed by atoms with E-state index in [1.54, 1.807) is 6.07 Å². The predicted octanol–water partition coefficient (Wildman–Crippen LogP) is 3.80. The first-order chi connectivity index (χ1) is 6.74. The first-order valence-electron chi connectivity index (χ1n) is 4.14. The molecule has 0 spiro atoms. The van der Waals surface area contributed by atoms with Crippen molar-refractivity contribution in [1.82, 2.24) is 0 Å². The van der Waals surface area contributed by atoms with Crippen molar-refractivity contribution in [1.29, 1.82) is 0 Å². The van der Waals surface area contributed by atoms with Gasteiger partial charge in [-0.15, -0.1) is 11.6 Å². The van der Waals surface area contributed by atoms with Crippen molar-refractivity contribution in [2.24, 2.45) is 0 Å². The molecule has 0 fully saturated rings. The van der Waals surface area contributed by atoms with Gasteiger partial charge in [-0.25, -0.2) is 4.39 Å². The Hall–Kier alpha value is -0.540. The smallest absolute Gasteiger partial charge is 0.125 e. The molecule has 0 saturated heterocycles. The summed E-state index contributed by atoms with van der Waals surface area (Å²) in [6.07, 6.45) is 3.73. The van der Waals surface area contributed by atoms with Crippen LogP contribution >= 0.6 is 27.5 Å². The third-order valence-electron chi connectivity index (χ3n) is 1.59. The molecule has 1 rings (SSSR count). The zero-order chi connectivity index (χ0) is 10.4. The molecule has 0 aliphatic carbocycles. The number of hydrogen-bond acceptors (Lipinski definition) is 1. The highest BCUT2D eigenvalue weighted by molar-refractivity contribution is 9.10. The van der Waals surface area contributed by atoms with Crippen molar-refractivity contribution in [3.8, 4) is 0 Å². The monoisotopic (exact) mass is 277 g/mol. The lowest BCUT2D eigenvalue weighted by Gasteiger charge is -2.05. The van der Waals surface area contributed by atoms with E-state index in [4.69, 9.17) is 11.6 Å². The van der Waals surface area contributed by atoms with Crippen molar-refractivity contribution in [2.45, 2.75) is 0 Å². The number of nitrogens with one attached hydrogen (secondary N) is 1. The molecule has 14 heavy (non-hydrogen) atoms. The molecule has 1 aromatic carbocycles. The average Bonchev–Trinajstić information content (AvgIpc) is 2.18. The first kappa shape index (κ1) is 11.5. The van der Waals surface area contributed by atoms with Gasteiger partial charge in [-0.1, -0.05) is 12.2 Å². The third-order valence-corrected chi connectivity index (χ3v) is 2.46. The number of hydrogen-bond donors (Lipinski definition) is 1. The topological polar surface area (TPSA) is 12.0 Å². The highest BCUT2D eigenvalue weighted by atomic mass is 79.9. The lowest BCUT2D eigenvalue weighted by molar-refractivity contribution is 0.628. The first-order valence-corrected chi connectivity index (χ1v) is 5.46. The van der Waals surface area contributed by atoms with Crippen LogP contribution in [0.25, 0.3) is 0 Å². The molecule has 1 aromatic rings. The average molecular weight is 279 g/mol. The second-order valence-electron chi connectivity index (χ2n) is 2.63. The zero-order valence-electron chi connectivity index (χ0n) is 7.43. The van der Waals surface area contributed by atoms with Crippen molar-refractivity contribution in [3.63, 3.8) is 0 Å². The molecular formula is C10H10BrClFN. The van der Waals surface area contributed by atoms with Crippen LogP contribution in [0.2, 0.25) is 0 Å². The van der Waals surface area contributed by atoms with Gasteiger partial charge in [-0.2, -0.15) is 0 Å². The van der Waals surface area contributed by atoms with Gasteiger partial charge < -0.3 is 5.32 Å². The summed E-state index contributed by atoms with van der Waals surface area (Å²) in [5, 5.41) is 3.06. The number of halogens is 3. The summed E-state index contributed by atoms with van der Waals surface area (Å²) in [6, 6.07) is 4.52. The zero-order valence-corrected chi connectivity index (χ0v) is 9.78. The summed E-state index contributed by atoms with van der Waals surface area (Å²) in [4.78, 5) is 0. The maximum Gasteiger partial charge on any atom is 0.125 e. The maximum atomic E-state index is 12.8. The number of rotatable bonds is 4. The summed E-state index contributed by atoms with van der Waals surface area (Å²) >= 11 is 8.78. The van der Waals surface area contributed by atoms with Crippen LogP contribution in [0.15, 0.2) is 34.8 Å². The molecule has 0 aliphatic rings. The van der Waals surface area contributed by atoms with Crippen molar-refractivity contribution in [3.05, 3.63) is 40.6 Å². The number of allylic oxidation sites excluding steroid dienone is 1. The van der Waals surface area contributed by atoms with Crippen LogP contribution in [0.3, 0.4) is 0 Å². The van der Waals surface area contributed by atoms with Gasteiger partial charge in [0.15, 0.2) is 0 Å². The van der Waals surface area contributed by atoms with Crippen LogP contribution in [0.5, 0.6) is 0 Å². The molecule has 1 nitrogen and oxygen atoms in total. The van der Waals surface area contributed by atoms with Gasteiger partial charge in [0, 0.05) is 16.9 Å². The van der Waals surface area contributed by atoms with E-state index in [9.17, 15) is 4.39 Å². The van der Waals surface area contributed by atoms with Gasteiger partial charge in [-0.05, 0) is 34.1 Å². The Morgan fingerprint density at radius 1 is 1.43 bits per heavy atom. The Balaban J connectivity index is 2.57. The summed E-state index contributed by atoms with van der Waals surface area (Å²) in [5.41, 5.74) is 0.740. The van der Waals surface area contributed by atoms with E-state index in [0.29, 0.717) is 12.4 Å². The Kier molecular flexibility index (Phi) is 4.98. The van der Waals surface area contributed by atoms with Crippen LogP contribution in [-0.4, -0.2) is 12.4 Å². The molecule has 0 aliphatic heterocycles. The lowest BCUT2D eigenvalue weighted by atomic mass is 10.3. The molecule has 4 heteroatoms. The largest absolute Gasteiger partial charge is 0.381 e. The highest BCUT2D eigenvalue weighted by Crippen LogP contribution is 2.22. The fraction of sp³-hybridized carbons (Fsp3) is 0.200. The lowest BCUT2D eigenvalue weighted by Crippen LogP contribution is -1.99. The van der Waals surface area contributed by atoms with Crippen LogP contribution in [0.1, 0.15) is 0 Å². The van der Waals surface area contributed by atoms with E-state index < -0.39 is 0 Å². The van der Waals surface area contributed by atoms with Gasteiger partial charge in [0.2, 0.25) is 0 Å². The molecule has 0 amide bonds. The molecule has 0 aromatic heterocycles. The minimum absolute atomic E-state index is 0.253. The molecule has 0 atom stereocenters. The Morgan fingerprint density at radius 3 is 2.93 bits per heavy atom. The number of alkyl halides is 1. The number of anilines is 1. The summed E-state index contributed by atoms with van der Waals surface area (Å²) in [6.45, 7) is 0.634. The SMILES string of the molecule is Fc1ccc(Br)c(NC/C=C/CCl)c1. The van der Waals surface area contributed by atoms with Crippen LogP contribution in [-0.2, 0) is 0 Å². The standard InChI is InChI=1S/C10H10BrClFN/c11-9-4-3-8(13)7-10(9)14-6-2-1-5-12/h1-4,7,14H,5-6H2/b2-1+. The van der Waals surface area contributed by atoms with Gasteiger partial charge in [0.05, 0.1) is 5.69 Å². The number of benzene rings is 1. The van der Waals surface area contributed by atoms with Crippen molar-refractivity contribution < 1.29 is 4.39 Å². The van der Waals surface area contributed by atoms with Crippen molar-refractivity contribution in [2.75, 3.05) is 17.7 Å². The molecule has 0 unspecified atom stereocenters. The predicted molar refractivity (Wildman–Crippen MR) is 62.4 cm³/mol. The summed E-state index contributed by atoms with van der Waals surface area (Å²) < 4.78 is 13.7. The second kappa shape index (κ2) is 6.04. The summed E-state index contributed by atoms with van der Waals surface area (Å²) in [5.74, 6) is 0.239. The van der Waals surface area contributed by atoms with Gasteiger partial charge in [0.25, 0.3) is 0 Å². The fourth-order valence-corrected chi connectivity index (χ4v) is 1.46. The summed E-state index contributed by atoms with van der Waals surface area (Å²) in [7, 11) is 0. The Labute approximate surface area is 96.1 Å². The van der Waals surface area contributed by atoms with E-state index in [-0.39, 0.29) is 5.82 Å². The van der Waals surface area contributed by atoms with Gasteiger partial charge >= 0.3 is 0 Å². The van der Waals surface area contributed by atoms with E-state index in [1.807, 2.05) is 12.2 Å². The van der Waals surface area contributed by atoms with E-state index in [2.05, 4.69) is 21.2 Å². The Bertz CT molecular complexity index is 328. The van der Waals surface area contributed by atoms with Gasteiger partial charge in [-0.3, -0.25) is 0 Å². The maximum absolute atomic E-state index is 12.8. The van der Waals surface area contributed by atoms with Crippen LogP contribution < -0.4 is 5.32 Å². The van der Waals surface area contributed by atoms with E-state index in [1.165, 1.54) is 12.1 Å². The highest BCUT2D eigenvalue weighted by Gasteiger charge is 1.99. The quantitative estimate of drug-likeness (QED) is 0.652. The Morgan fingerprint density at radius 2 is 2.21 bits per heavy atom. The molecule has 1 N–H and O–H groups in total. The third kappa shape index (κ3) is 3.68. The van der Waals surface area contributed by atoms with E-state index >= 15 is 0 Å². The van der Waals surface area contributed by atoms with Gasteiger partial charge in [0.1, 0.15) is 5.82 Å². The van der Waals surface area contributed by atoms with Crippen LogP contribution in [0, 0.1) is 5.82 Å². The molecule has 0 bridgehead atoms. The van der Waals surface area contributed by atoms with Crippen LogP contribution in [0.4, 0.5) is 10.1 Å². The molecule has 0 saturated carbocycles. The molecule has 0 radical (unpaired) electrons. The molecule has 0 heterocycles. The fourth-order valence-electron chi connectivity index (χ4n) is 0.948. The van der Waals surface area contributed by atoms with E-state index in [0.717, 1.165) is 10.2 Å². The normalized spacial score (nSPS) is 10.8. The minimum Gasteiger partial charge on any atom is -0.381 e. The minimum atomic E-state index is -0.253. The molecular weight excluding hydrogens is 268 g/mol.